The molecule has 3 aromatic rings. The van der Waals surface area contributed by atoms with Crippen LogP contribution in [0.3, 0.4) is 0 Å². The third-order valence-electron chi connectivity index (χ3n) is 5.66. The molecule has 31 heavy (non-hydrogen) atoms. The Morgan fingerprint density at radius 3 is 1.81 bits per heavy atom. The highest BCUT2D eigenvalue weighted by Crippen LogP contribution is 2.58. The molecule has 1 aliphatic rings. The van der Waals surface area contributed by atoms with E-state index in [0.717, 1.165) is 35.7 Å². The SMILES string of the molecule is O=C(OC[C@@H]1CC1(c1ccccc1)c1ccccc1)c1cc([N+](=O)[O-])cc([N+](=O)[O-])c1. The van der Waals surface area contributed by atoms with Crippen LogP contribution in [0.4, 0.5) is 11.4 Å². The minimum absolute atomic E-state index is 0.0231. The third kappa shape index (κ3) is 3.87. The number of nitro groups is 2. The van der Waals surface area contributed by atoms with Crippen LogP contribution in [-0.2, 0) is 10.2 Å². The van der Waals surface area contributed by atoms with E-state index >= 15 is 0 Å². The van der Waals surface area contributed by atoms with Crippen LogP contribution in [0.5, 0.6) is 0 Å². The van der Waals surface area contributed by atoms with E-state index in [1.807, 2.05) is 60.7 Å². The van der Waals surface area contributed by atoms with Crippen molar-refractivity contribution in [3.05, 3.63) is 116 Å². The van der Waals surface area contributed by atoms with Gasteiger partial charge < -0.3 is 4.74 Å². The van der Waals surface area contributed by atoms with E-state index in [4.69, 9.17) is 4.74 Å². The van der Waals surface area contributed by atoms with E-state index in [0.29, 0.717) is 0 Å². The summed E-state index contributed by atoms with van der Waals surface area (Å²) in [5.74, 6) is -0.802. The summed E-state index contributed by atoms with van der Waals surface area (Å²) in [6, 6.07) is 22.7. The number of non-ortho nitro benzene ring substituents is 2. The first-order chi connectivity index (χ1) is 14.9. The number of nitrogens with zero attached hydrogens (tertiary/aromatic N) is 2. The van der Waals surface area contributed by atoms with Gasteiger partial charge in [0.15, 0.2) is 0 Å². The second-order valence-corrected chi connectivity index (χ2v) is 7.46. The molecule has 1 fully saturated rings. The average Bonchev–Trinajstić information content (AvgIpc) is 3.54. The van der Waals surface area contributed by atoms with Crippen molar-refractivity contribution in [3.8, 4) is 0 Å². The van der Waals surface area contributed by atoms with Crippen LogP contribution in [0.1, 0.15) is 27.9 Å². The van der Waals surface area contributed by atoms with Gasteiger partial charge in [-0.15, -0.1) is 0 Å². The smallest absolute Gasteiger partial charge is 0.338 e. The van der Waals surface area contributed by atoms with E-state index in [-0.39, 0.29) is 23.5 Å². The summed E-state index contributed by atoms with van der Waals surface area (Å²) in [6.45, 7) is 0.0963. The predicted molar refractivity (Wildman–Crippen MR) is 112 cm³/mol. The Balaban J connectivity index is 1.55. The number of carbonyl (C=O) groups is 1. The van der Waals surface area contributed by atoms with Crippen molar-refractivity contribution in [3.63, 3.8) is 0 Å². The van der Waals surface area contributed by atoms with E-state index in [2.05, 4.69) is 0 Å². The fraction of sp³-hybridized carbons (Fsp3) is 0.174. The van der Waals surface area contributed by atoms with Crippen molar-refractivity contribution in [1.82, 2.24) is 0 Å². The number of nitro benzene ring substituents is 2. The molecule has 0 bridgehead atoms. The van der Waals surface area contributed by atoms with Gasteiger partial charge in [0.25, 0.3) is 11.4 Å². The molecular weight excluding hydrogens is 400 g/mol. The lowest BCUT2D eigenvalue weighted by Gasteiger charge is -2.19. The molecular formula is C23H18N2O6. The van der Waals surface area contributed by atoms with Crippen LogP contribution >= 0.6 is 0 Å². The summed E-state index contributed by atoms with van der Waals surface area (Å²) < 4.78 is 5.44. The van der Waals surface area contributed by atoms with Crippen LogP contribution in [-0.4, -0.2) is 22.4 Å². The Kier molecular flexibility index (Phi) is 5.21. The number of benzene rings is 3. The normalized spacial score (nSPS) is 16.3. The summed E-state index contributed by atoms with van der Waals surface area (Å²) in [7, 11) is 0. The van der Waals surface area contributed by atoms with Gasteiger partial charge in [-0.05, 0) is 17.5 Å². The molecule has 4 rings (SSSR count). The maximum Gasteiger partial charge on any atom is 0.338 e. The van der Waals surface area contributed by atoms with Crippen LogP contribution in [0, 0.1) is 26.1 Å². The van der Waals surface area contributed by atoms with Gasteiger partial charge in [-0.1, -0.05) is 60.7 Å². The number of rotatable bonds is 7. The molecule has 156 valence electrons. The Morgan fingerprint density at radius 1 is 0.871 bits per heavy atom. The van der Waals surface area contributed by atoms with E-state index in [1.165, 1.54) is 0 Å². The molecule has 1 atom stereocenters. The molecule has 0 radical (unpaired) electrons. The van der Waals surface area contributed by atoms with Crippen molar-refractivity contribution in [2.24, 2.45) is 5.92 Å². The highest BCUT2D eigenvalue weighted by Gasteiger charge is 2.56. The summed E-state index contributed by atoms with van der Waals surface area (Å²) >= 11 is 0. The lowest BCUT2D eigenvalue weighted by atomic mass is 9.86. The summed E-state index contributed by atoms with van der Waals surface area (Å²) in [5.41, 5.74) is 0.677. The number of ether oxygens (including phenoxy) is 1. The van der Waals surface area contributed by atoms with Crippen molar-refractivity contribution in [2.75, 3.05) is 6.61 Å². The lowest BCUT2D eigenvalue weighted by Crippen LogP contribution is -2.17. The van der Waals surface area contributed by atoms with Gasteiger partial charge in [0.2, 0.25) is 0 Å². The predicted octanol–water partition coefficient (Wildman–Crippen LogP) is 4.67. The second-order valence-electron chi connectivity index (χ2n) is 7.46. The molecule has 0 aromatic heterocycles. The number of hydrogen-bond acceptors (Lipinski definition) is 6. The summed E-state index contributed by atoms with van der Waals surface area (Å²) in [6.07, 6.45) is 0.781. The molecule has 0 saturated heterocycles. The standard InChI is InChI=1S/C23H18N2O6/c26-22(16-11-20(24(27)28)13-21(12-16)25(29)30)31-15-19-14-23(19,17-7-3-1-4-8-17)18-9-5-2-6-10-18/h1-13,19H,14-15H2/t19-/m0/s1. The van der Waals surface area contributed by atoms with Crippen molar-refractivity contribution in [2.45, 2.75) is 11.8 Å². The minimum atomic E-state index is -0.825. The van der Waals surface area contributed by atoms with Crippen LogP contribution < -0.4 is 0 Å². The van der Waals surface area contributed by atoms with Crippen molar-refractivity contribution in [1.29, 1.82) is 0 Å². The fourth-order valence-corrected chi connectivity index (χ4v) is 4.06. The highest BCUT2D eigenvalue weighted by molar-refractivity contribution is 5.91. The van der Waals surface area contributed by atoms with Crippen LogP contribution in [0.2, 0.25) is 0 Å². The second kappa shape index (κ2) is 7.98. The fourth-order valence-electron chi connectivity index (χ4n) is 4.06. The van der Waals surface area contributed by atoms with E-state index < -0.39 is 27.2 Å². The Hall–Kier alpha value is -4.07. The highest BCUT2D eigenvalue weighted by atomic mass is 16.6. The van der Waals surface area contributed by atoms with Gasteiger partial charge in [0, 0.05) is 23.5 Å². The monoisotopic (exact) mass is 418 g/mol. The third-order valence-corrected chi connectivity index (χ3v) is 5.66. The summed E-state index contributed by atoms with van der Waals surface area (Å²) in [4.78, 5) is 33.1. The Bertz CT molecular complexity index is 1080. The van der Waals surface area contributed by atoms with Gasteiger partial charge in [-0.25, -0.2) is 4.79 Å². The first kappa shape index (κ1) is 20.2. The molecule has 0 N–H and O–H groups in total. The molecule has 1 aliphatic carbocycles. The minimum Gasteiger partial charge on any atom is -0.462 e. The molecule has 1 saturated carbocycles. The quantitative estimate of drug-likeness (QED) is 0.313. The van der Waals surface area contributed by atoms with Crippen LogP contribution in [0.15, 0.2) is 78.9 Å². The molecule has 0 spiro atoms. The molecule has 8 nitrogen and oxygen atoms in total. The number of hydrogen-bond donors (Lipinski definition) is 0. The largest absolute Gasteiger partial charge is 0.462 e. The van der Waals surface area contributed by atoms with E-state index in [9.17, 15) is 25.0 Å². The van der Waals surface area contributed by atoms with Crippen LogP contribution in [0.25, 0.3) is 0 Å². The lowest BCUT2D eigenvalue weighted by molar-refractivity contribution is -0.394. The van der Waals surface area contributed by atoms with Crippen molar-refractivity contribution >= 4 is 17.3 Å². The zero-order valence-electron chi connectivity index (χ0n) is 16.3. The van der Waals surface area contributed by atoms with Gasteiger partial charge in [0.1, 0.15) is 0 Å². The maximum absolute atomic E-state index is 12.5. The molecule has 0 unspecified atom stereocenters. The Labute approximate surface area is 177 Å². The van der Waals surface area contributed by atoms with Gasteiger partial charge in [0.05, 0.1) is 28.1 Å². The summed E-state index contributed by atoms with van der Waals surface area (Å²) in [5, 5.41) is 22.1. The number of carbonyl (C=O) groups excluding carboxylic acids is 1. The zero-order valence-corrected chi connectivity index (χ0v) is 16.3. The van der Waals surface area contributed by atoms with Gasteiger partial charge in [-0.2, -0.15) is 0 Å². The molecule has 0 amide bonds. The van der Waals surface area contributed by atoms with Gasteiger partial charge in [-0.3, -0.25) is 20.2 Å². The Morgan fingerprint density at radius 2 is 1.35 bits per heavy atom. The van der Waals surface area contributed by atoms with Crippen molar-refractivity contribution < 1.29 is 19.4 Å². The molecule has 0 aliphatic heterocycles. The molecule has 3 aromatic carbocycles. The van der Waals surface area contributed by atoms with Gasteiger partial charge >= 0.3 is 5.97 Å². The first-order valence-corrected chi connectivity index (χ1v) is 9.64. The zero-order chi connectivity index (χ0) is 22.0. The molecule has 0 heterocycles. The average molecular weight is 418 g/mol. The van der Waals surface area contributed by atoms with E-state index in [1.54, 1.807) is 0 Å². The maximum atomic E-state index is 12.5. The topological polar surface area (TPSA) is 113 Å². The number of esters is 1. The molecule has 8 heteroatoms. The first-order valence-electron chi connectivity index (χ1n) is 9.64.